The van der Waals surface area contributed by atoms with Gasteiger partial charge in [-0.1, -0.05) is 13.0 Å². The first kappa shape index (κ1) is 24.9. The molecule has 188 valence electrons. The molecule has 0 bridgehead atoms. The minimum atomic E-state index is -3.93. The fourth-order valence-corrected chi connectivity index (χ4v) is 5.19. The fraction of sp³-hybridized carbons (Fsp3) is 0.478. The van der Waals surface area contributed by atoms with Crippen LogP contribution in [0.15, 0.2) is 30.6 Å². The molecule has 4 rings (SSSR count). The zero-order valence-corrected chi connectivity index (χ0v) is 21.2. The van der Waals surface area contributed by atoms with Crippen LogP contribution in [0.2, 0.25) is 0 Å². The van der Waals surface area contributed by atoms with Crippen molar-refractivity contribution in [1.29, 1.82) is 0 Å². The number of hydrogen-bond acceptors (Lipinski definition) is 9. The van der Waals surface area contributed by atoms with E-state index in [1.807, 2.05) is 6.92 Å². The number of nitrogens with zero attached hydrogens (tertiary/aromatic N) is 5. The van der Waals surface area contributed by atoms with Crippen molar-refractivity contribution in [2.75, 3.05) is 25.5 Å². The van der Waals surface area contributed by atoms with Crippen molar-refractivity contribution < 1.29 is 22.6 Å². The number of benzene rings is 1. The first-order valence-electron chi connectivity index (χ1n) is 11.3. The summed E-state index contributed by atoms with van der Waals surface area (Å²) in [6.07, 6.45) is 4.61. The normalized spacial score (nSPS) is 17.7. The molecule has 0 amide bonds. The highest BCUT2D eigenvalue weighted by atomic mass is 32.2. The van der Waals surface area contributed by atoms with Crippen LogP contribution in [-0.2, 0) is 14.8 Å². The van der Waals surface area contributed by atoms with E-state index in [9.17, 15) is 8.42 Å². The lowest BCUT2D eigenvalue weighted by Gasteiger charge is -2.22. The molecule has 11 nitrogen and oxygen atoms in total. The highest BCUT2D eigenvalue weighted by Gasteiger charge is 2.34. The minimum Gasteiger partial charge on any atom is -0.494 e. The molecule has 1 N–H and O–H groups in total. The first-order valence-corrected chi connectivity index (χ1v) is 12.9. The van der Waals surface area contributed by atoms with Gasteiger partial charge in [-0.2, -0.15) is 0 Å². The predicted molar refractivity (Wildman–Crippen MR) is 130 cm³/mol. The van der Waals surface area contributed by atoms with E-state index in [0.29, 0.717) is 35.4 Å². The number of sulfonamides is 1. The van der Waals surface area contributed by atoms with Gasteiger partial charge in [-0.05, 0) is 44.4 Å². The second-order valence-corrected chi connectivity index (χ2v) is 10.5. The Hall–Kier alpha value is -3.25. The summed E-state index contributed by atoms with van der Waals surface area (Å²) in [7, 11) is -0.864. The molecule has 3 atom stereocenters. The van der Waals surface area contributed by atoms with Crippen molar-refractivity contribution in [1.82, 2.24) is 24.7 Å². The molecule has 0 unspecified atom stereocenters. The van der Waals surface area contributed by atoms with Crippen molar-refractivity contribution in [2.45, 2.75) is 50.9 Å². The standard InChI is InChI=1S/C23H30N6O5S/c1-14-12-24-21(25-13-14)15(2)16(3)35(30,31)28-23-27-26-22(19-10-7-11-34-19)29(23)20-17(32-4)8-6-9-18(20)33-5/h6,8-9,12-13,15-16,19H,7,10-11H2,1-5H3,(H,27,28)/t15-,16-,19-/m1/s1. The van der Waals surface area contributed by atoms with Crippen LogP contribution in [0.5, 0.6) is 11.5 Å². The number of aryl methyl sites for hydroxylation is 1. The van der Waals surface area contributed by atoms with Crippen molar-refractivity contribution in [3.05, 3.63) is 47.8 Å². The van der Waals surface area contributed by atoms with Gasteiger partial charge >= 0.3 is 0 Å². The van der Waals surface area contributed by atoms with Crippen molar-refractivity contribution in [3.63, 3.8) is 0 Å². The number of nitrogens with one attached hydrogen (secondary N) is 1. The van der Waals surface area contributed by atoms with E-state index in [1.165, 1.54) is 14.2 Å². The van der Waals surface area contributed by atoms with Crippen LogP contribution in [0.25, 0.3) is 5.69 Å². The van der Waals surface area contributed by atoms with E-state index in [4.69, 9.17) is 14.2 Å². The monoisotopic (exact) mass is 502 g/mol. The lowest BCUT2D eigenvalue weighted by molar-refractivity contribution is 0.103. The fourth-order valence-electron chi connectivity index (χ4n) is 3.96. The van der Waals surface area contributed by atoms with Crippen LogP contribution < -0.4 is 14.2 Å². The second kappa shape index (κ2) is 10.2. The highest BCUT2D eigenvalue weighted by molar-refractivity contribution is 7.93. The van der Waals surface area contributed by atoms with Crippen LogP contribution in [0.4, 0.5) is 5.95 Å². The zero-order valence-electron chi connectivity index (χ0n) is 20.4. The molecule has 1 fully saturated rings. The lowest BCUT2D eigenvalue weighted by Crippen LogP contribution is -2.31. The van der Waals surface area contributed by atoms with Gasteiger partial charge in [0, 0.05) is 24.9 Å². The molecular formula is C23H30N6O5S. The Morgan fingerprint density at radius 3 is 2.34 bits per heavy atom. The van der Waals surface area contributed by atoms with Crippen LogP contribution in [0, 0.1) is 6.92 Å². The maximum absolute atomic E-state index is 13.5. The molecule has 0 radical (unpaired) electrons. The molecule has 0 saturated carbocycles. The Balaban J connectivity index is 1.76. The van der Waals surface area contributed by atoms with Gasteiger partial charge in [0.1, 0.15) is 29.1 Å². The summed E-state index contributed by atoms with van der Waals surface area (Å²) >= 11 is 0. The summed E-state index contributed by atoms with van der Waals surface area (Å²) in [5, 5.41) is 7.65. The smallest absolute Gasteiger partial charge is 0.243 e. The first-order chi connectivity index (χ1) is 16.8. The molecule has 0 aliphatic carbocycles. The van der Waals surface area contributed by atoms with E-state index < -0.39 is 21.2 Å². The van der Waals surface area contributed by atoms with E-state index >= 15 is 0 Å². The molecule has 2 aromatic heterocycles. The molecule has 3 heterocycles. The van der Waals surface area contributed by atoms with Gasteiger partial charge in [0.05, 0.1) is 19.5 Å². The molecule has 1 aromatic carbocycles. The zero-order chi connectivity index (χ0) is 25.2. The SMILES string of the molecule is COc1cccc(OC)c1-n1c(NS(=O)(=O)[C@H](C)[C@@H](C)c2ncc(C)cn2)nnc1[C@H]1CCCO1. The summed E-state index contributed by atoms with van der Waals surface area (Å²) in [6, 6.07) is 5.30. The quantitative estimate of drug-likeness (QED) is 0.469. The van der Waals surface area contributed by atoms with Gasteiger partial charge < -0.3 is 14.2 Å². The van der Waals surface area contributed by atoms with Gasteiger partial charge in [-0.3, -0.25) is 9.29 Å². The van der Waals surface area contributed by atoms with Crippen molar-refractivity contribution in [2.24, 2.45) is 0 Å². The molecule has 35 heavy (non-hydrogen) atoms. The Labute approximate surface area is 204 Å². The third kappa shape index (κ3) is 4.94. The predicted octanol–water partition coefficient (Wildman–Crippen LogP) is 3.17. The summed E-state index contributed by atoms with van der Waals surface area (Å²) in [5.74, 6) is 1.40. The number of ether oxygens (including phenoxy) is 3. The number of aromatic nitrogens is 5. The summed E-state index contributed by atoms with van der Waals surface area (Å²) in [4.78, 5) is 8.60. The average molecular weight is 503 g/mol. The van der Waals surface area contributed by atoms with Crippen LogP contribution in [-0.4, -0.2) is 59.2 Å². The van der Waals surface area contributed by atoms with Gasteiger partial charge in [0.25, 0.3) is 0 Å². The Morgan fingerprint density at radius 1 is 1.11 bits per heavy atom. The summed E-state index contributed by atoms with van der Waals surface area (Å²) < 4.78 is 48.2. The third-order valence-corrected chi connectivity index (χ3v) is 8.02. The van der Waals surface area contributed by atoms with E-state index in [0.717, 1.165) is 18.4 Å². The van der Waals surface area contributed by atoms with E-state index in [-0.39, 0.29) is 12.1 Å². The highest BCUT2D eigenvalue weighted by Crippen LogP contribution is 2.39. The Morgan fingerprint density at radius 2 is 1.77 bits per heavy atom. The maximum Gasteiger partial charge on any atom is 0.243 e. The van der Waals surface area contributed by atoms with Gasteiger partial charge in [0.15, 0.2) is 5.82 Å². The third-order valence-electron chi connectivity index (χ3n) is 6.17. The van der Waals surface area contributed by atoms with Gasteiger partial charge in [0.2, 0.25) is 16.0 Å². The number of rotatable bonds is 9. The van der Waals surface area contributed by atoms with E-state index in [1.54, 1.807) is 49.0 Å². The summed E-state index contributed by atoms with van der Waals surface area (Å²) in [5.41, 5.74) is 1.38. The largest absolute Gasteiger partial charge is 0.494 e. The van der Waals surface area contributed by atoms with Crippen molar-refractivity contribution >= 4 is 16.0 Å². The van der Waals surface area contributed by atoms with Crippen LogP contribution >= 0.6 is 0 Å². The van der Waals surface area contributed by atoms with Crippen molar-refractivity contribution in [3.8, 4) is 17.2 Å². The molecule has 1 saturated heterocycles. The average Bonchev–Trinajstić information content (AvgIpc) is 3.52. The number of methoxy groups -OCH3 is 2. The second-order valence-electron chi connectivity index (χ2n) is 8.49. The Kier molecular flexibility index (Phi) is 7.22. The molecular weight excluding hydrogens is 472 g/mol. The molecule has 12 heteroatoms. The molecule has 3 aromatic rings. The topological polar surface area (TPSA) is 130 Å². The van der Waals surface area contributed by atoms with Crippen LogP contribution in [0.1, 0.15) is 55.9 Å². The Bertz CT molecular complexity index is 1250. The van der Waals surface area contributed by atoms with Gasteiger partial charge in [-0.25, -0.2) is 18.4 Å². The summed E-state index contributed by atoms with van der Waals surface area (Å²) in [6.45, 7) is 5.86. The maximum atomic E-state index is 13.5. The molecule has 1 aliphatic heterocycles. The van der Waals surface area contributed by atoms with Gasteiger partial charge in [-0.15, -0.1) is 10.2 Å². The number of hydrogen-bond donors (Lipinski definition) is 1. The molecule has 0 spiro atoms. The number of anilines is 1. The molecule has 1 aliphatic rings. The number of para-hydroxylation sites is 1. The minimum absolute atomic E-state index is 0.0159. The lowest BCUT2D eigenvalue weighted by atomic mass is 10.1. The van der Waals surface area contributed by atoms with Crippen LogP contribution in [0.3, 0.4) is 0 Å². The van der Waals surface area contributed by atoms with E-state index in [2.05, 4.69) is 24.9 Å².